The van der Waals surface area contributed by atoms with Gasteiger partial charge in [0.1, 0.15) is 9.75 Å². The summed E-state index contributed by atoms with van der Waals surface area (Å²) in [5, 5.41) is 9.79. The van der Waals surface area contributed by atoms with Crippen molar-refractivity contribution in [3.63, 3.8) is 0 Å². The average molecular weight is 411 g/mol. The van der Waals surface area contributed by atoms with Gasteiger partial charge in [0.05, 0.1) is 16.0 Å². The van der Waals surface area contributed by atoms with E-state index in [0.29, 0.717) is 6.42 Å². The molecule has 7 atom stereocenters. The lowest BCUT2D eigenvalue weighted by Gasteiger charge is -2.41. The molecule has 4 aliphatic rings. The molecular weight excluding hydrogens is 401 g/mol. The summed E-state index contributed by atoms with van der Waals surface area (Å²) in [6.45, 7) is 0. The van der Waals surface area contributed by atoms with Crippen LogP contribution in [0.1, 0.15) is 12.8 Å². The average Bonchev–Trinajstić information content (AvgIpc) is 3.05. The molecule has 21 heavy (non-hydrogen) atoms. The summed E-state index contributed by atoms with van der Waals surface area (Å²) in [7, 11) is 0. The first-order chi connectivity index (χ1) is 9.60. The number of carbonyl (C=O) groups is 1. The molecule has 0 aromatic rings. The second-order valence-electron chi connectivity index (χ2n) is 6.52. The minimum Gasteiger partial charge on any atom is -0.481 e. The number of hydrogen-bond donors (Lipinski definition) is 1. The van der Waals surface area contributed by atoms with Crippen LogP contribution in [0.5, 0.6) is 0 Å². The molecule has 8 heteroatoms. The Kier molecular flexibility index (Phi) is 3.04. The van der Waals surface area contributed by atoms with Gasteiger partial charge < -0.3 is 5.11 Å². The fourth-order valence-corrected chi connectivity index (χ4v) is 8.48. The third kappa shape index (κ3) is 1.34. The lowest BCUT2D eigenvalue weighted by atomic mass is 9.69. The van der Waals surface area contributed by atoms with Crippen LogP contribution in [0.2, 0.25) is 0 Å². The minimum atomic E-state index is -1.54. The second kappa shape index (κ2) is 4.13. The van der Waals surface area contributed by atoms with Crippen LogP contribution in [-0.2, 0) is 4.79 Å². The molecule has 0 saturated heterocycles. The summed E-state index contributed by atoms with van der Waals surface area (Å²) in [6, 6.07) is 0. The monoisotopic (exact) mass is 408 g/mol. The lowest BCUT2D eigenvalue weighted by Crippen LogP contribution is -2.46. The van der Waals surface area contributed by atoms with Crippen LogP contribution in [0.25, 0.3) is 0 Å². The van der Waals surface area contributed by atoms with Crippen LogP contribution in [0, 0.1) is 29.6 Å². The SMILES string of the molecule is O=C(O)[C@@H]1C[C@H]2C[C@H]1[C@@H]1[C@@H]2[C@]2(Cl)C(Cl)=C(Cl)[C@]1(Cl)C2(Cl)Cl. The zero-order chi connectivity index (χ0) is 15.5. The molecule has 3 saturated carbocycles. The van der Waals surface area contributed by atoms with E-state index in [0.717, 1.165) is 6.42 Å². The molecule has 4 bridgehead atoms. The normalized spacial score (nSPS) is 56.2. The van der Waals surface area contributed by atoms with Crippen molar-refractivity contribution in [3.05, 3.63) is 10.1 Å². The maximum atomic E-state index is 11.5. The first kappa shape index (κ1) is 15.5. The van der Waals surface area contributed by atoms with Gasteiger partial charge in [-0.05, 0) is 36.5 Å². The number of rotatable bonds is 1. The summed E-state index contributed by atoms with van der Waals surface area (Å²) in [4.78, 5) is 8.92. The van der Waals surface area contributed by atoms with Gasteiger partial charge in [-0.2, -0.15) is 0 Å². The Hall–Kier alpha value is 0.950. The van der Waals surface area contributed by atoms with E-state index in [1.54, 1.807) is 0 Å². The van der Waals surface area contributed by atoms with Crippen molar-refractivity contribution in [2.45, 2.75) is 26.9 Å². The van der Waals surface area contributed by atoms with Crippen LogP contribution < -0.4 is 0 Å². The fourth-order valence-electron chi connectivity index (χ4n) is 5.33. The predicted octanol–water partition coefficient (Wildman–Crippen LogP) is 4.80. The molecule has 1 N–H and O–H groups in total. The molecule has 0 aromatic heterocycles. The zero-order valence-corrected chi connectivity index (χ0v) is 15.0. The first-order valence-electron chi connectivity index (χ1n) is 6.64. The Bertz CT molecular complexity index is 603. The van der Waals surface area contributed by atoms with Gasteiger partial charge in [-0.25, -0.2) is 0 Å². The fraction of sp³-hybridized carbons (Fsp3) is 0.769. The second-order valence-corrected chi connectivity index (χ2v) is 9.79. The van der Waals surface area contributed by atoms with Gasteiger partial charge in [0.15, 0.2) is 4.33 Å². The Morgan fingerprint density at radius 3 is 2.05 bits per heavy atom. The third-order valence-electron chi connectivity index (χ3n) is 5.99. The van der Waals surface area contributed by atoms with E-state index in [-0.39, 0.29) is 33.7 Å². The molecular formula is C13H10Cl6O2. The van der Waals surface area contributed by atoms with Crippen LogP contribution >= 0.6 is 69.6 Å². The molecule has 4 aliphatic carbocycles. The number of alkyl halides is 4. The minimum absolute atomic E-state index is 0.106. The van der Waals surface area contributed by atoms with Crippen LogP contribution in [0.15, 0.2) is 10.1 Å². The van der Waals surface area contributed by atoms with Crippen molar-refractivity contribution in [2.24, 2.45) is 29.6 Å². The van der Waals surface area contributed by atoms with Crippen LogP contribution in [0.3, 0.4) is 0 Å². The van der Waals surface area contributed by atoms with Gasteiger partial charge in [-0.1, -0.05) is 46.4 Å². The van der Waals surface area contributed by atoms with Gasteiger partial charge in [0.25, 0.3) is 0 Å². The molecule has 116 valence electrons. The maximum Gasteiger partial charge on any atom is 0.306 e. The van der Waals surface area contributed by atoms with E-state index in [4.69, 9.17) is 69.6 Å². The largest absolute Gasteiger partial charge is 0.481 e. The Morgan fingerprint density at radius 1 is 1.00 bits per heavy atom. The maximum absolute atomic E-state index is 11.5. The molecule has 0 heterocycles. The van der Waals surface area contributed by atoms with Crippen LogP contribution in [-0.4, -0.2) is 25.2 Å². The number of hydrogen-bond acceptors (Lipinski definition) is 1. The number of halogens is 6. The zero-order valence-electron chi connectivity index (χ0n) is 10.4. The van der Waals surface area contributed by atoms with E-state index < -0.39 is 26.0 Å². The van der Waals surface area contributed by atoms with E-state index in [1.165, 1.54) is 0 Å². The van der Waals surface area contributed by atoms with Gasteiger partial charge in [0, 0.05) is 0 Å². The van der Waals surface area contributed by atoms with Crippen molar-refractivity contribution in [1.82, 2.24) is 0 Å². The summed E-state index contributed by atoms with van der Waals surface area (Å²) in [5.74, 6) is -1.67. The van der Waals surface area contributed by atoms with Crippen LogP contribution in [0.4, 0.5) is 0 Å². The van der Waals surface area contributed by atoms with Gasteiger partial charge >= 0.3 is 5.97 Å². The van der Waals surface area contributed by atoms with Gasteiger partial charge in [-0.3, -0.25) is 4.79 Å². The number of fused-ring (bicyclic) bond motifs is 9. The molecule has 0 spiro atoms. The van der Waals surface area contributed by atoms with E-state index in [2.05, 4.69) is 0 Å². The van der Waals surface area contributed by atoms with Crippen molar-refractivity contribution in [2.75, 3.05) is 0 Å². The standard InChI is InChI=1S/C13H10Cl6O2/c14-8-9(15)12(17)7-4-1-3(2-5(4)10(20)21)6(7)11(8,16)13(12,18)19/h3-7H,1-2H2,(H,20,21)/t3-,4-,5-,6-,7-,11+,12+/m1/s1. The first-order valence-corrected chi connectivity index (χ1v) is 8.91. The predicted molar refractivity (Wildman–Crippen MR) is 84.7 cm³/mol. The molecule has 0 aromatic carbocycles. The Morgan fingerprint density at radius 2 is 1.52 bits per heavy atom. The molecule has 4 rings (SSSR count). The van der Waals surface area contributed by atoms with Gasteiger partial charge in [-0.15, -0.1) is 23.2 Å². The Labute approximate surface area is 151 Å². The molecule has 0 unspecified atom stereocenters. The molecule has 0 amide bonds. The van der Waals surface area contributed by atoms with Gasteiger partial charge in [0.2, 0.25) is 0 Å². The lowest BCUT2D eigenvalue weighted by molar-refractivity contribution is -0.144. The van der Waals surface area contributed by atoms with Crippen molar-refractivity contribution in [3.8, 4) is 0 Å². The smallest absolute Gasteiger partial charge is 0.306 e. The highest BCUT2D eigenvalue weighted by Gasteiger charge is 2.86. The third-order valence-corrected chi connectivity index (χ3v) is 10.3. The van der Waals surface area contributed by atoms with E-state index in [1.807, 2.05) is 0 Å². The van der Waals surface area contributed by atoms with Crippen molar-refractivity contribution in [1.29, 1.82) is 0 Å². The highest BCUT2D eigenvalue weighted by Crippen LogP contribution is 2.82. The summed E-state index contributed by atoms with van der Waals surface area (Å²) in [5.41, 5.74) is 0. The number of carboxylic acids is 1. The van der Waals surface area contributed by atoms with Crippen molar-refractivity contribution >= 4 is 75.6 Å². The van der Waals surface area contributed by atoms with E-state index >= 15 is 0 Å². The molecule has 3 fully saturated rings. The topological polar surface area (TPSA) is 37.3 Å². The molecule has 0 aliphatic heterocycles. The quantitative estimate of drug-likeness (QED) is 0.497. The van der Waals surface area contributed by atoms with E-state index in [9.17, 15) is 9.90 Å². The summed E-state index contributed by atoms with van der Waals surface area (Å²) < 4.78 is -1.54. The molecule has 2 nitrogen and oxygen atoms in total. The highest BCUT2D eigenvalue weighted by atomic mass is 35.5. The number of aliphatic carboxylic acids is 1. The number of allylic oxidation sites excluding steroid dienone is 2. The summed E-state index contributed by atoms with van der Waals surface area (Å²) in [6.07, 6.45) is 1.32. The highest BCUT2D eigenvalue weighted by molar-refractivity contribution is 6.65. The summed E-state index contributed by atoms with van der Waals surface area (Å²) >= 11 is 39.3. The number of carboxylic acid groups (broad SMARTS) is 1. The Balaban J connectivity index is 1.92. The molecule has 0 radical (unpaired) electrons. The van der Waals surface area contributed by atoms with Crippen molar-refractivity contribution < 1.29 is 9.90 Å².